The third kappa shape index (κ3) is 3.27. The summed E-state index contributed by atoms with van der Waals surface area (Å²) in [6, 6.07) is 9.95. The molecule has 4 nitrogen and oxygen atoms in total. The number of carbonyl (C=O) groups excluding carboxylic acids is 2. The molecule has 1 aliphatic rings. The van der Waals surface area contributed by atoms with Crippen molar-refractivity contribution in [2.75, 3.05) is 16.8 Å². The van der Waals surface area contributed by atoms with Gasteiger partial charge in [-0.3, -0.25) is 9.59 Å². The van der Waals surface area contributed by atoms with E-state index in [1.807, 2.05) is 0 Å². The van der Waals surface area contributed by atoms with Gasteiger partial charge in [0.1, 0.15) is 11.6 Å². The molecule has 0 aliphatic carbocycles. The average Bonchev–Trinajstić information content (AvgIpc) is 2.94. The fourth-order valence-corrected chi connectivity index (χ4v) is 2.72. The van der Waals surface area contributed by atoms with Gasteiger partial charge in [0.25, 0.3) is 0 Å². The van der Waals surface area contributed by atoms with E-state index in [9.17, 15) is 18.4 Å². The first-order valence-corrected chi connectivity index (χ1v) is 7.57. The number of nitrogens with one attached hydrogen (secondary N) is 1. The monoisotopic (exact) mass is 330 g/mol. The maximum Gasteiger partial charge on any atom is 0.229 e. The second-order valence-electron chi connectivity index (χ2n) is 5.85. The van der Waals surface area contributed by atoms with Gasteiger partial charge in [0, 0.05) is 18.7 Å². The minimum Gasteiger partial charge on any atom is -0.323 e. The fraction of sp³-hybridized carbons (Fsp3) is 0.222. The second-order valence-corrected chi connectivity index (χ2v) is 5.85. The van der Waals surface area contributed by atoms with Crippen LogP contribution in [-0.4, -0.2) is 18.4 Å². The zero-order chi connectivity index (χ0) is 17.3. The Morgan fingerprint density at radius 2 is 1.88 bits per heavy atom. The largest absolute Gasteiger partial charge is 0.323 e. The van der Waals surface area contributed by atoms with Crippen LogP contribution >= 0.6 is 0 Å². The van der Waals surface area contributed by atoms with Crippen LogP contribution in [0, 0.1) is 24.5 Å². The molecule has 24 heavy (non-hydrogen) atoms. The standard InChI is InChI=1S/C18H16F2N2O2/c1-11-2-7-15(20)16(8-11)21-18(24)12-9-17(23)22(10-12)14-5-3-13(19)4-6-14/h2-8,12H,9-10H2,1H3,(H,21,24)/t12-/m0/s1. The van der Waals surface area contributed by atoms with Crippen molar-refractivity contribution in [3.63, 3.8) is 0 Å². The molecule has 124 valence electrons. The van der Waals surface area contributed by atoms with E-state index in [4.69, 9.17) is 0 Å². The number of halogens is 2. The number of hydrogen-bond donors (Lipinski definition) is 1. The molecule has 1 heterocycles. The highest BCUT2D eigenvalue weighted by Gasteiger charge is 2.35. The van der Waals surface area contributed by atoms with E-state index in [2.05, 4.69) is 5.32 Å². The molecule has 1 fully saturated rings. The van der Waals surface area contributed by atoms with Crippen molar-refractivity contribution < 1.29 is 18.4 Å². The van der Waals surface area contributed by atoms with Gasteiger partial charge in [0.15, 0.2) is 0 Å². The minimum atomic E-state index is -0.581. The lowest BCUT2D eigenvalue weighted by atomic mass is 10.1. The number of rotatable bonds is 3. The van der Waals surface area contributed by atoms with Crippen LogP contribution in [0.4, 0.5) is 20.2 Å². The van der Waals surface area contributed by atoms with E-state index in [-0.39, 0.29) is 24.6 Å². The van der Waals surface area contributed by atoms with Crippen LogP contribution in [0.15, 0.2) is 42.5 Å². The summed E-state index contributed by atoms with van der Waals surface area (Å²) >= 11 is 0. The molecule has 2 aromatic carbocycles. The van der Waals surface area contributed by atoms with Crippen molar-refractivity contribution in [3.05, 3.63) is 59.7 Å². The zero-order valence-corrected chi connectivity index (χ0v) is 13.1. The molecule has 1 saturated heterocycles. The third-order valence-corrected chi connectivity index (χ3v) is 4.01. The maximum atomic E-state index is 13.7. The van der Waals surface area contributed by atoms with Gasteiger partial charge in [0.05, 0.1) is 11.6 Å². The summed E-state index contributed by atoms with van der Waals surface area (Å²) in [4.78, 5) is 25.9. The molecule has 1 atom stereocenters. The number of benzene rings is 2. The summed E-state index contributed by atoms with van der Waals surface area (Å²) < 4.78 is 26.7. The van der Waals surface area contributed by atoms with Crippen molar-refractivity contribution in [1.29, 1.82) is 0 Å². The Morgan fingerprint density at radius 3 is 2.58 bits per heavy atom. The molecule has 0 saturated carbocycles. The smallest absolute Gasteiger partial charge is 0.229 e. The number of carbonyl (C=O) groups is 2. The molecule has 0 radical (unpaired) electrons. The van der Waals surface area contributed by atoms with E-state index >= 15 is 0 Å². The second kappa shape index (κ2) is 6.39. The molecule has 1 N–H and O–H groups in total. The fourth-order valence-electron chi connectivity index (χ4n) is 2.72. The Bertz CT molecular complexity index is 790. The van der Waals surface area contributed by atoms with Gasteiger partial charge in [-0.25, -0.2) is 8.78 Å². The summed E-state index contributed by atoms with van der Waals surface area (Å²) in [6.07, 6.45) is 0.0383. The van der Waals surface area contributed by atoms with Crippen molar-refractivity contribution in [1.82, 2.24) is 0 Å². The van der Waals surface area contributed by atoms with Crippen molar-refractivity contribution >= 4 is 23.2 Å². The van der Waals surface area contributed by atoms with Crippen LogP contribution in [0.25, 0.3) is 0 Å². The molecular formula is C18H16F2N2O2. The number of amides is 2. The highest BCUT2D eigenvalue weighted by Crippen LogP contribution is 2.26. The van der Waals surface area contributed by atoms with Gasteiger partial charge < -0.3 is 10.2 Å². The number of hydrogen-bond acceptors (Lipinski definition) is 2. The Morgan fingerprint density at radius 1 is 1.17 bits per heavy atom. The van der Waals surface area contributed by atoms with Crippen LogP contribution in [0.1, 0.15) is 12.0 Å². The zero-order valence-electron chi connectivity index (χ0n) is 13.1. The maximum absolute atomic E-state index is 13.7. The van der Waals surface area contributed by atoms with Crippen molar-refractivity contribution in [3.8, 4) is 0 Å². The molecule has 2 aromatic rings. The Balaban J connectivity index is 1.72. The summed E-state index contributed by atoms with van der Waals surface area (Å²) in [5.41, 5.74) is 1.47. The van der Waals surface area contributed by atoms with E-state index in [0.29, 0.717) is 5.69 Å². The quantitative estimate of drug-likeness (QED) is 0.939. The Labute approximate surface area is 138 Å². The SMILES string of the molecule is Cc1ccc(F)c(NC(=O)[C@H]2CC(=O)N(c3ccc(F)cc3)C2)c1. The van der Waals surface area contributed by atoms with E-state index < -0.39 is 23.5 Å². The predicted molar refractivity (Wildman–Crippen MR) is 86.6 cm³/mol. The van der Waals surface area contributed by atoms with Gasteiger partial charge in [-0.05, 0) is 48.9 Å². The molecule has 2 amide bonds. The first-order chi connectivity index (χ1) is 11.4. The molecule has 1 aliphatic heterocycles. The van der Waals surface area contributed by atoms with E-state index in [0.717, 1.165) is 5.56 Å². The van der Waals surface area contributed by atoms with Crippen LogP contribution < -0.4 is 10.2 Å². The molecule has 6 heteroatoms. The van der Waals surface area contributed by atoms with Crippen molar-refractivity contribution in [2.24, 2.45) is 5.92 Å². The Hall–Kier alpha value is -2.76. The Kier molecular flexibility index (Phi) is 4.29. The third-order valence-electron chi connectivity index (χ3n) is 4.01. The highest BCUT2D eigenvalue weighted by molar-refractivity contribution is 6.03. The number of aryl methyl sites for hydroxylation is 1. The first kappa shape index (κ1) is 16.1. The van der Waals surface area contributed by atoms with Gasteiger partial charge in [-0.2, -0.15) is 0 Å². The van der Waals surface area contributed by atoms with Crippen LogP contribution in [0.5, 0.6) is 0 Å². The molecule has 0 bridgehead atoms. The van der Waals surface area contributed by atoms with Crippen molar-refractivity contribution in [2.45, 2.75) is 13.3 Å². The van der Waals surface area contributed by atoms with Crippen LogP contribution in [-0.2, 0) is 9.59 Å². The normalized spacial score (nSPS) is 17.2. The van der Waals surface area contributed by atoms with Gasteiger partial charge >= 0.3 is 0 Å². The van der Waals surface area contributed by atoms with Gasteiger partial charge in [-0.15, -0.1) is 0 Å². The number of anilines is 2. The summed E-state index contributed by atoms with van der Waals surface area (Å²) in [5, 5.41) is 2.54. The number of nitrogens with zero attached hydrogens (tertiary/aromatic N) is 1. The first-order valence-electron chi connectivity index (χ1n) is 7.57. The predicted octanol–water partition coefficient (Wildman–Crippen LogP) is 3.26. The van der Waals surface area contributed by atoms with Gasteiger partial charge in [0.2, 0.25) is 11.8 Å². The molecular weight excluding hydrogens is 314 g/mol. The van der Waals surface area contributed by atoms with Gasteiger partial charge in [-0.1, -0.05) is 6.07 Å². The summed E-state index contributed by atoms with van der Waals surface area (Å²) in [7, 11) is 0. The molecule has 3 rings (SSSR count). The highest BCUT2D eigenvalue weighted by atomic mass is 19.1. The molecule has 0 aromatic heterocycles. The average molecular weight is 330 g/mol. The van der Waals surface area contributed by atoms with Crippen LogP contribution in [0.2, 0.25) is 0 Å². The van der Waals surface area contributed by atoms with Crippen LogP contribution in [0.3, 0.4) is 0 Å². The van der Waals surface area contributed by atoms with E-state index in [1.54, 1.807) is 19.1 Å². The lowest BCUT2D eigenvalue weighted by Gasteiger charge is -2.16. The topological polar surface area (TPSA) is 49.4 Å². The van der Waals surface area contributed by atoms with E-state index in [1.165, 1.54) is 35.2 Å². The summed E-state index contributed by atoms with van der Waals surface area (Å²) in [6.45, 7) is 1.98. The lowest BCUT2D eigenvalue weighted by Crippen LogP contribution is -2.28. The summed E-state index contributed by atoms with van der Waals surface area (Å²) in [5.74, 6) is -2.12. The minimum absolute atomic E-state index is 0.0383. The molecule has 0 spiro atoms. The molecule has 0 unspecified atom stereocenters. The lowest BCUT2D eigenvalue weighted by molar-refractivity contribution is -0.122.